The second kappa shape index (κ2) is 20.8. The molecular formula is C25H42O4S. The monoisotopic (exact) mass is 438 g/mol. The minimum Gasteiger partial charge on any atom is -0.481 e. The van der Waals surface area contributed by atoms with E-state index in [2.05, 4.69) is 38.1 Å². The molecule has 0 saturated carbocycles. The number of benzene rings is 1. The Labute approximate surface area is 187 Å². The molecule has 172 valence electrons. The van der Waals surface area contributed by atoms with Crippen LogP contribution in [0.1, 0.15) is 95.1 Å². The lowest BCUT2D eigenvalue weighted by Gasteiger charge is -2.02. The maximum atomic E-state index is 10.1. The molecule has 4 nitrogen and oxygen atoms in total. The van der Waals surface area contributed by atoms with Crippen molar-refractivity contribution in [1.82, 2.24) is 0 Å². The second-order valence-electron chi connectivity index (χ2n) is 7.82. The van der Waals surface area contributed by atoms with Crippen LogP contribution < -0.4 is 0 Å². The number of rotatable bonds is 17. The third-order valence-corrected chi connectivity index (χ3v) is 5.90. The van der Waals surface area contributed by atoms with E-state index in [-0.39, 0.29) is 12.8 Å². The second-order valence-corrected chi connectivity index (χ2v) is 9.04. The molecule has 0 aromatic heterocycles. The van der Waals surface area contributed by atoms with Gasteiger partial charge in [-0.15, -0.1) is 0 Å². The highest BCUT2D eigenvalue weighted by Crippen LogP contribution is 2.11. The summed E-state index contributed by atoms with van der Waals surface area (Å²) in [6.07, 6.45) is 14.1. The van der Waals surface area contributed by atoms with E-state index in [9.17, 15) is 9.59 Å². The molecule has 0 atom stereocenters. The summed E-state index contributed by atoms with van der Waals surface area (Å²) in [4.78, 5) is 20.3. The van der Waals surface area contributed by atoms with Crippen molar-refractivity contribution in [3.8, 4) is 0 Å². The van der Waals surface area contributed by atoms with Gasteiger partial charge in [-0.1, -0.05) is 81.7 Å². The number of aryl methyl sites for hydroxylation is 2. The van der Waals surface area contributed by atoms with E-state index in [1.54, 1.807) is 11.8 Å². The molecule has 0 spiro atoms. The van der Waals surface area contributed by atoms with Crippen LogP contribution in [-0.2, 0) is 16.0 Å². The fourth-order valence-corrected chi connectivity index (χ4v) is 3.89. The molecule has 0 saturated heterocycles. The third-order valence-electron chi connectivity index (χ3n) is 4.83. The first kappa shape index (κ1) is 28.5. The van der Waals surface area contributed by atoms with Crippen LogP contribution in [0.5, 0.6) is 0 Å². The summed E-state index contributed by atoms with van der Waals surface area (Å²) in [5.41, 5.74) is 2.86. The number of carboxylic acids is 2. The predicted octanol–water partition coefficient (Wildman–Crippen LogP) is 7.13. The van der Waals surface area contributed by atoms with Crippen LogP contribution in [0.3, 0.4) is 0 Å². The van der Waals surface area contributed by atoms with Crippen molar-refractivity contribution in [3.05, 3.63) is 35.4 Å². The van der Waals surface area contributed by atoms with Crippen molar-refractivity contribution >= 4 is 23.7 Å². The molecule has 0 unspecified atom stereocenters. The van der Waals surface area contributed by atoms with Gasteiger partial charge in [-0.25, -0.2) is 0 Å². The van der Waals surface area contributed by atoms with E-state index in [0.29, 0.717) is 5.75 Å². The van der Waals surface area contributed by atoms with Gasteiger partial charge < -0.3 is 10.2 Å². The zero-order chi connectivity index (χ0) is 22.5. The van der Waals surface area contributed by atoms with Gasteiger partial charge in [-0.3, -0.25) is 9.59 Å². The number of aliphatic carboxylic acids is 2. The lowest BCUT2D eigenvalue weighted by Crippen LogP contribution is -1.97. The normalized spacial score (nSPS) is 10.3. The van der Waals surface area contributed by atoms with E-state index in [1.165, 1.54) is 62.5 Å². The molecule has 0 radical (unpaired) electrons. The van der Waals surface area contributed by atoms with Crippen molar-refractivity contribution in [2.45, 2.75) is 97.3 Å². The molecule has 5 heteroatoms. The molecule has 0 bridgehead atoms. The summed E-state index contributed by atoms with van der Waals surface area (Å²) in [5.74, 6) is 0.0631. The van der Waals surface area contributed by atoms with E-state index >= 15 is 0 Å². The van der Waals surface area contributed by atoms with E-state index < -0.39 is 11.9 Å². The Bertz CT molecular complexity index is 523. The van der Waals surface area contributed by atoms with Gasteiger partial charge in [0.15, 0.2) is 0 Å². The first-order valence-electron chi connectivity index (χ1n) is 11.5. The van der Waals surface area contributed by atoms with Crippen LogP contribution in [0.4, 0.5) is 0 Å². The Morgan fingerprint density at radius 2 is 1.30 bits per heavy atom. The van der Waals surface area contributed by atoms with Crippen molar-refractivity contribution in [3.63, 3.8) is 0 Å². The topological polar surface area (TPSA) is 74.6 Å². The zero-order valence-corrected chi connectivity index (χ0v) is 19.9. The average molecular weight is 439 g/mol. The summed E-state index contributed by atoms with van der Waals surface area (Å²) in [7, 11) is 0. The van der Waals surface area contributed by atoms with Crippen LogP contribution in [0.2, 0.25) is 0 Å². The minimum atomic E-state index is -0.761. The number of unbranched alkanes of at least 4 members (excludes halogenated alkanes) is 8. The first-order valence-corrected chi connectivity index (χ1v) is 12.7. The summed E-state index contributed by atoms with van der Waals surface area (Å²) in [5, 5.41) is 16.7. The van der Waals surface area contributed by atoms with Crippen molar-refractivity contribution in [1.29, 1.82) is 0 Å². The highest BCUT2D eigenvalue weighted by Gasteiger charge is 1.98. The Morgan fingerprint density at radius 1 is 0.733 bits per heavy atom. The average Bonchev–Trinajstić information content (AvgIpc) is 2.71. The molecule has 1 aromatic rings. The van der Waals surface area contributed by atoms with Gasteiger partial charge in [0.25, 0.3) is 0 Å². The van der Waals surface area contributed by atoms with Gasteiger partial charge in [0.2, 0.25) is 0 Å². The van der Waals surface area contributed by atoms with Crippen LogP contribution in [-0.4, -0.2) is 33.7 Å². The highest BCUT2D eigenvalue weighted by atomic mass is 32.2. The molecule has 0 heterocycles. The fourth-order valence-electron chi connectivity index (χ4n) is 2.96. The summed E-state index contributed by atoms with van der Waals surface area (Å²) < 4.78 is 0. The lowest BCUT2D eigenvalue weighted by molar-refractivity contribution is -0.137. The first-order chi connectivity index (χ1) is 14.5. The van der Waals surface area contributed by atoms with Crippen molar-refractivity contribution in [2.75, 3.05) is 11.5 Å². The summed E-state index contributed by atoms with van der Waals surface area (Å²) in [6.45, 7) is 4.43. The fraction of sp³-hybridized carbons (Fsp3) is 0.680. The molecule has 0 fully saturated rings. The minimum absolute atomic E-state index is 0.208. The summed E-state index contributed by atoms with van der Waals surface area (Å²) in [6, 6.07) is 8.98. The van der Waals surface area contributed by atoms with Gasteiger partial charge in [0.05, 0.1) is 6.42 Å². The third kappa shape index (κ3) is 21.2. The van der Waals surface area contributed by atoms with E-state index in [4.69, 9.17) is 10.2 Å². The van der Waals surface area contributed by atoms with Crippen LogP contribution in [0.15, 0.2) is 24.3 Å². The lowest BCUT2D eigenvalue weighted by atomic mass is 10.0. The number of thioether (sulfide) groups is 1. The molecule has 30 heavy (non-hydrogen) atoms. The van der Waals surface area contributed by atoms with Gasteiger partial charge in [-0.2, -0.15) is 11.8 Å². The Morgan fingerprint density at radius 3 is 1.90 bits per heavy atom. The molecule has 0 amide bonds. The molecule has 0 aliphatic rings. The van der Waals surface area contributed by atoms with Crippen LogP contribution in [0.25, 0.3) is 0 Å². The number of hydrogen-bond donors (Lipinski definition) is 2. The summed E-state index contributed by atoms with van der Waals surface area (Å²) >= 11 is 1.61. The van der Waals surface area contributed by atoms with Crippen molar-refractivity contribution < 1.29 is 19.8 Å². The van der Waals surface area contributed by atoms with Crippen molar-refractivity contribution in [2.24, 2.45) is 0 Å². The number of hydrogen-bond acceptors (Lipinski definition) is 3. The smallest absolute Gasteiger partial charge is 0.304 e. The van der Waals surface area contributed by atoms with Gasteiger partial charge >= 0.3 is 11.9 Å². The van der Waals surface area contributed by atoms with Crippen LogP contribution in [0, 0.1) is 6.92 Å². The maximum Gasteiger partial charge on any atom is 0.304 e. The predicted molar refractivity (Wildman–Crippen MR) is 129 cm³/mol. The molecule has 0 aliphatic heterocycles. The maximum absolute atomic E-state index is 10.1. The largest absolute Gasteiger partial charge is 0.481 e. The van der Waals surface area contributed by atoms with E-state index in [1.807, 2.05) is 0 Å². The molecular weight excluding hydrogens is 396 g/mol. The molecule has 0 aliphatic carbocycles. The Balaban J connectivity index is 0.000000567. The number of carboxylic acid groups (broad SMARTS) is 2. The quantitative estimate of drug-likeness (QED) is 0.253. The van der Waals surface area contributed by atoms with E-state index in [0.717, 1.165) is 25.0 Å². The van der Waals surface area contributed by atoms with Gasteiger partial charge in [0.1, 0.15) is 0 Å². The standard InChI is InChI=1S/C16H26.C9H16O4S/c1-3-4-5-6-7-8-9-10-16-13-11-15(2)12-14-16;10-8(11)4-2-1-3-6-14-7-5-9(12)13/h11-14H,3-10H2,1-2H3;1-7H2,(H,10,11)(H,12,13). The zero-order valence-electron chi connectivity index (χ0n) is 19.0. The molecule has 1 aromatic carbocycles. The Kier molecular flexibility index (Phi) is 19.7. The molecule has 2 N–H and O–H groups in total. The Hall–Kier alpha value is -1.49. The van der Waals surface area contributed by atoms with Gasteiger partial charge in [-0.05, 0) is 43.9 Å². The number of carbonyl (C=O) groups is 2. The van der Waals surface area contributed by atoms with Gasteiger partial charge in [0, 0.05) is 12.2 Å². The SMILES string of the molecule is CCCCCCCCCc1ccc(C)cc1.O=C(O)CCCCCSCCC(=O)O. The highest BCUT2D eigenvalue weighted by molar-refractivity contribution is 7.99. The molecule has 1 rings (SSSR count). The van der Waals surface area contributed by atoms with Crippen LogP contribution >= 0.6 is 11.8 Å².